The molecule has 2 aromatic carbocycles. The van der Waals surface area contributed by atoms with Gasteiger partial charge in [0.1, 0.15) is 0 Å². The summed E-state index contributed by atoms with van der Waals surface area (Å²) in [6.07, 6.45) is -4.23. The first-order valence-corrected chi connectivity index (χ1v) is 7.96. The molecule has 1 unspecified atom stereocenters. The Bertz CT molecular complexity index is 819. The molecule has 0 saturated carbocycles. The van der Waals surface area contributed by atoms with Gasteiger partial charge < -0.3 is 10.4 Å². The number of carboxylic acid groups (broad SMARTS) is 1. The molecule has 1 amide bonds. The van der Waals surface area contributed by atoms with Crippen molar-refractivity contribution in [2.75, 3.05) is 5.32 Å². The van der Waals surface area contributed by atoms with Crippen LogP contribution in [-0.4, -0.2) is 17.0 Å². The van der Waals surface area contributed by atoms with Crippen molar-refractivity contribution in [2.45, 2.75) is 19.5 Å². The third-order valence-electron chi connectivity index (χ3n) is 3.76. The van der Waals surface area contributed by atoms with Gasteiger partial charge in [-0.25, -0.2) is 4.79 Å². The number of carbonyl (C=O) groups excluding carboxylic acids is 1. The van der Waals surface area contributed by atoms with Crippen LogP contribution in [-0.2, 0) is 17.4 Å². The molecule has 0 heterocycles. The minimum Gasteiger partial charge on any atom is -0.478 e. The maximum Gasteiger partial charge on any atom is 0.416 e. The molecule has 2 rings (SSSR count). The average molecular weight is 386 g/mol. The van der Waals surface area contributed by atoms with Crippen molar-refractivity contribution in [3.63, 3.8) is 0 Å². The van der Waals surface area contributed by atoms with Crippen molar-refractivity contribution in [3.05, 3.63) is 64.2 Å². The molecule has 138 valence electrons. The lowest BCUT2D eigenvalue weighted by molar-refractivity contribution is -0.137. The second-order valence-electron chi connectivity index (χ2n) is 5.76. The number of para-hydroxylation sites is 1. The van der Waals surface area contributed by atoms with E-state index in [4.69, 9.17) is 16.7 Å². The molecule has 0 aliphatic rings. The highest BCUT2D eigenvalue weighted by molar-refractivity contribution is 6.34. The standard InChI is InChI=1S/C18H15ClF3NO3/c1-10(9-11-5-7-12(8-6-11)18(20,21)22)16(24)23-15-13(17(25)26)3-2-4-14(15)19/h2-8,10H,9H2,1H3,(H,23,24)(H,25,26). The highest BCUT2D eigenvalue weighted by atomic mass is 35.5. The van der Waals surface area contributed by atoms with Crippen molar-refractivity contribution < 1.29 is 27.9 Å². The molecule has 0 spiro atoms. The summed E-state index contributed by atoms with van der Waals surface area (Å²) in [6, 6.07) is 8.74. The van der Waals surface area contributed by atoms with E-state index < -0.39 is 29.5 Å². The van der Waals surface area contributed by atoms with E-state index in [1.54, 1.807) is 6.92 Å². The summed E-state index contributed by atoms with van der Waals surface area (Å²) in [5.74, 6) is -2.33. The number of alkyl halides is 3. The molecule has 0 bridgehead atoms. The van der Waals surface area contributed by atoms with Crippen molar-refractivity contribution in [1.82, 2.24) is 0 Å². The Kier molecular flexibility index (Phi) is 5.92. The number of carboxylic acids is 1. The van der Waals surface area contributed by atoms with Gasteiger partial charge in [0, 0.05) is 5.92 Å². The van der Waals surface area contributed by atoms with Crippen LogP contribution in [0.15, 0.2) is 42.5 Å². The Hall–Kier alpha value is -2.54. The highest BCUT2D eigenvalue weighted by Gasteiger charge is 2.30. The molecule has 0 radical (unpaired) electrons. The summed E-state index contributed by atoms with van der Waals surface area (Å²) in [5.41, 5.74) is -0.364. The van der Waals surface area contributed by atoms with E-state index in [2.05, 4.69) is 5.32 Å². The molecule has 0 aliphatic carbocycles. The first kappa shape index (κ1) is 19.8. The predicted molar refractivity (Wildman–Crippen MR) is 91.4 cm³/mol. The first-order chi connectivity index (χ1) is 12.1. The molecular formula is C18H15ClF3NO3. The van der Waals surface area contributed by atoms with E-state index in [9.17, 15) is 22.8 Å². The lowest BCUT2D eigenvalue weighted by Crippen LogP contribution is -2.23. The number of benzene rings is 2. The van der Waals surface area contributed by atoms with Gasteiger partial charge in [-0.1, -0.05) is 36.7 Å². The molecule has 4 nitrogen and oxygen atoms in total. The van der Waals surface area contributed by atoms with Crippen LogP contribution < -0.4 is 5.32 Å². The third-order valence-corrected chi connectivity index (χ3v) is 4.08. The van der Waals surface area contributed by atoms with Gasteiger partial charge in [-0.05, 0) is 36.2 Å². The van der Waals surface area contributed by atoms with Gasteiger partial charge in [0.15, 0.2) is 0 Å². The summed E-state index contributed by atoms with van der Waals surface area (Å²) in [4.78, 5) is 23.6. The Labute approximate surface area is 152 Å². The smallest absolute Gasteiger partial charge is 0.416 e. The van der Waals surface area contributed by atoms with Crippen LogP contribution >= 0.6 is 11.6 Å². The molecule has 2 N–H and O–H groups in total. The summed E-state index contributed by atoms with van der Waals surface area (Å²) < 4.78 is 37.7. The van der Waals surface area contributed by atoms with Crippen LogP contribution in [0.1, 0.15) is 28.4 Å². The Morgan fingerprint density at radius 1 is 1.15 bits per heavy atom. The molecule has 0 saturated heterocycles. The second-order valence-corrected chi connectivity index (χ2v) is 6.16. The minimum absolute atomic E-state index is 0.00839. The fourth-order valence-electron chi connectivity index (χ4n) is 2.35. The van der Waals surface area contributed by atoms with Crippen LogP contribution in [0.25, 0.3) is 0 Å². The van der Waals surface area contributed by atoms with E-state index >= 15 is 0 Å². The minimum atomic E-state index is -4.42. The third kappa shape index (κ3) is 4.76. The monoisotopic (exact) mass is 385 g/mol. The van der Waals surface area contributed by atoms with Crippen LogP contribution in [0, 0.1) is 5.92 Å². The van der Waals surface area contributed by atoms with Crippen LogP contribution in [0.3, 0.4) is 0 Å². The fourth-order valence-corrected chi connectivity index (χ4v) is 2.57. The number of carbonyl (C=O) groups is 2. The zero-order valence-electron chi connectivity index (χ0n) is 13.6. The lowest BCUT2D eigenvalue weighted by Gasteiger charge is -2.15. The zero-order valence-corrected chi connectivity index (χ0v) is 14.4. The van der Waals surface area contributed by atoms with Gasteiger partial charge in [0.2, 0.25) is 5.91 Å². The highest BCUT2D eigenvalue weighted by Crippen LogP contribution is 2.30. The number of nitrogens with one attached hydrogen (secondary N) is 1. The molecule has 2 aromatic rings. The van der Waals surface area contributed by atoms with Crippen molar-refractivity contribution in [1.29, 1.82) is 0 Å². The van der Waals surface area contributed by atoms with Crippen molar-refractivity contribution >= 4 is 29.2 Å². The molecule has 1 atom stereocenters. The molecule has 0 aromatic heterocycles. The predicted octanol–water partition coefficient (Wildman–Crippen LogP) is 4.87. The largest absolute Gasteiger partial charge is 0.478 e. The van der Waals surface area contributed by atoms with Gasteiger partial charge in [0.25, 0.3) is 0 Å². The van der Waals surface area contributed by atoms with Crippen LogP contribution in [0.5, 0.6) is 0 Å². The summed E-state index contributed by atoms with van der Waals surface area (Å²) in [6.45, 7) is 1.59. The maximum atomic E-state index is 12.6. The maximum absolute atomic E-state index is 12.6. The van der Waals surface area contributed by atoms with Gasteiger partial charge in [-0.2, -0.15) is 13.2 Å². The Morgan fingerprint density at radius 2 is 1.77 bits per heavy atom. The van der Waals surface area contributed by atoms with Gasteiger partial charge >= 0.3 is 12.1 Å². The van der Waals surface area contributed by atoms with Crippen LogP contribution in [0.2, 0.25) is 5.02 Å². The van der Waals surface area contributed by atoms with E-state index in [0.717, 1.165) is 12.1 Å². The van der Waals surface area contributed by atoms with E-state index in [1.807, 2.05) is 0 Å². The number of hydrogen-bond acceptors (Lipinski definition) is 2. The Morgan fingerprint density at radius 3 is 2.31 bits per heavy atom. The fraction of sp³-hybridized carbons (Fsp3) is 0.222. The van der Waals surface area contributed by atoms with Gasteiger partial charge in [-0.3, -0.25) is 4.79 Å². The summed E-state index contributed by atoms with van der Waals surface area (Å²) >= 11 is 5.96. The average Bonchev–Trinajstić information content (AvgIpc) is 2.56. The Balaban J connectivity index is 2.10. The van der Waals surface area contributed by atoms with Gasteiger partial charge in [0.05, 0.1) is 21.8 Å². The summed E-state index contributed by atoms with van der Waals surface area (Å²) in [5, 5.41) is 11.7. The summed E-state index contributed by atoms with van der Waals surface area (Å²) in [7, 11) is 0. The first-order valence-electron chi connectivity index (χ1n) is 7.58. The molecular weight excluding hydrogens is 371 g/mol. The van der Waals surface area contributed by atoms with E-state index in [-0.39, 0.29) is 22.7 Å². The number of amides is 1. The quantitative estimate of drug-likeness (QED) is 0.771. The molecule has 0 fully saturated rings. The molecule has 0 aliphatic heterocycles. The van der Waals surface area contributed by atoms with E-state index in [0.29, 0.717) is 5.56 Å². The van der Waals surface area contributed by atoms with Crippen LogP contribution in [0.4, 0.5) is 18.9 Å². The number of anilines is 1. The SMILES string of the molecule is CC(Cc1ccc(C(F)(F)F)cc1)C(=O)Nc1c(Cl)cccc1C(=O)O. The lowest BCUT2D eigenvalue weighted by atomic mass is 9.99. The number of aromatic carboxylic acids is 1. The van der Waals surface area contributed by atoms with Gasteiger partial charge in [-0.15, -0.1) is 0 Å². The normalized spacial score (nSPS) is 12.5. The van der Waals surface area contributed by atoms with Crippen molar-refractivity contribution in [3.8, 4) is 0 Å². The topological polar surface area (TPSA) is 66.4 Å². The number of rotatable bonds is 5. The number of hydrogen-bond donors (Lipinski definition) is 2. The van der Waals surface area contributed by atoms with Crippen molar-refractivity contribution in [2.24, 2.45) is 5.92 Å². The molecule has 26 heavy (non-hydrogen) atoms. The molecule has 8 heteroatoms. The zero-order chi connectivity index (χ0) is 19.5. The number of halogens is 4. The second kappa shape index (κ2) is 7.78. The van der Waals surface area contributed by atoms with E-state index in [1.165, 1.54) is 30.3 Å².